The van der Waals surface area contributed by atoms with E-state index in [4.69, 9.17) is 4.52 Å². The molecule has 2 amide bonds. The Morgan fingerprint density at radius 1 is 1.18 bits per heavy atom. The summed E-state index contributed by atoms with van der Waals surface area (Å²) < 4.78 is 5.07. The van der Waals surface area contributed by atoms with Crippen molar-refractivity contribution in [1.29, 1.82) is 0 Å². The highest BCUT2D eigenvalue weighted by atomic mass is 16.5. The highest BCUT2D eigenvalue weighted by Gasteiger charge is 2.33. The van der Waals surface area contributed by atoms with Crippen molar-refractivity contribution < 1.29 is 14.1 Å². The topological polar surface area (TPSA) is 75.4 Å². The molecular weight excluding hydrogens is 354 g/mol. The van der Waals surface area contributed by atoms with Gasteiger partial charge in [0.05, 0.1) is 11.6 Å². The number of hydrogen-bond acceptors (Lipinski definition) is 4. The molecule has 1 aromatic heterocycles. The summed E-state index contributed by atoms with van der Waals surface area (Å²) in [7, 11) is 0. The Bertz CT molecular complexity index is 861. The maximum absolute atomic E-state index is 13.0. The third-order valence-electron chi connectivity index (χ3n) is 6.17. The van der Waals surface area contributed by atoms with Crippen LogP contribution in [0, 0.1) is 19.8 Å². The molecule has 148 valence electrons. The lowest BCUT2D eigenvalue weighted by Crippen LogP contribution is -2.43. The minimum absolute atomic E-state index is 0.0204. The molecule has 2 aliphatic rings. The summed E-state index contributed by atoms with van der Waals surface area (Å²) >= 11 is 0. The average Bonchev–Trinajstić information content (AvgIpc) is 3.29. The van der Waals surface area contributed by atoms with Gasteiger partial charge in [-0.1, -0.05) is 29.4 Å². The molecule has 0 saturated carbocycles. The predicted octanol–water partition coefficient (Wildman–Crippen LogP) is 2.99. The van der Waals surface area contributed by atoms with Crippen LogP contribution in [-0.4, -0.2) is 41.5 Å². The van der Waals surface area contributed by atoms with Crippen molar-refractivity contribution in [3.05, 3.63) is 52.4 Å². The molecule has 1 N–H and O–H groups in total. The standard InChI is InChI=1S/C22H27N3O3/c1-14-20(15(2)28-24-14)21(26)23-13-16-9-11-25(12-10-16)22(27)19-8-7-17-5-3-4-6-18(17)19/h3-6,16,19H,7-13H2,1-2H3,(H,23,26). The third kappa shape index (κ3) is 3.55. The van der Waals surface area contributed by atoms with E-state index < -0.39 is 0 Å². The first kappa shape index (κ1) is 18.7. The molecule has 4 rings (SSSR count). The van der Waals surface area contributed by atoms with Crippen molar-refractivity contribution in [2.45, 2.75) is 45.4 Å². The summed E-state index contributed by atoms with van der Waals surface area (Å²) in [6.45, 7) is 5.68. The van der Waals surface area contributed by atoms with Gasteiger partial charge < -0.3 is 14.7 Å². The molecule has 1 unspecified atom stereocenters. The molecule has 0 radical (unpaired) electrons. The second-order valence-corrected chi connectivity index (χ2v) is 7.97. The number of rotatable bonds is 4. The Morgan fingerprint density at radius 2 is 1.93 bits per heavy atom. The summed E-state index contributed by atoms with van der Waals surface area (Å²) in [5.41, 5.74) is 3.68. The van der Waals surface area contributed by atoms with Crippen LogP contribution in [0.2, 0.25) is 0 Å². The van der Waals surface area contributed by atoms with Crippen molar-refractivity contribution >= 4 is 11.8 Å². The van der Waals surface area contributed by atoms with Gasteiger partial charge in [0.1, 0.15) is 11.3 Å². The number of piperidine rings is 1. The molecule has 28 heavy (non-hydrogen) atoms. The molecule has 2 aromatic rings. The summed E-state index contributed by atoms with van der Waals surface area (Å²) in [5, 5.41) is 6.84. The van der Waals surface area contributed by atoms with E-state index in [0.29, 0.717) is 29.5 Å². The van der Waals surface area contributed by atoms with E-state index in [2.05, 4.69) is 22.6 Å². The number of carbonyl (C=O) groups excluding carboxylic acids is 2. The molecule has 1 saturated heterocycles. The first-order chi connectivity index (χ1) is 13.5. The van der Waals surface area contributed by atoms with Crippen LogP contribution in [0.15, 0.2) is 28.8 Å². The zero-order chi connectivity index (χ0) is 19.7. The van der Waals surface area contributed by atoms with E-state index in [-0.39, 0.29) is 17.7 Å². The first-order valence-electron chi connectivity index (χ1n) is 10.1. The second kappa shape index (κ2) is 7.78. The number of amides is 2. The van der Waals surface area contributed by atoms with E-state index in [1.165, 1.54) is 11.1 Å². The van der Waals surface area contributed by atoms with Gasteiger partial charge >= 0.3 is 0 Å². The number of nitrogens with zero attached hydrogens (tertiary/aromatic N) is 2. The fourth-order valence-corrected chi connectivity index (χ4v) is 4.52. The highest BCUT2D eigenvalue weighted by molar-refractivity contribution is 5.96. The fourth-order valence-electron chi connectivity index (χ4n) is 4.52. The maximum Gasteiger partial charge on any atom is 0.256 e. The van der Waals surface area contributed by atoms with Gasteiger partial charge in [0.2, 0.25) is 5.91 Å². The Kier molecular flexibility index (Phi) is 5.20. The molecule has 6 nitrogen and oxygen atoms in total. The number of benzene rings is 1. The number of hydrogen-bond donors (Lipinski definition) is 1. The van der Waals surface area contributed by atoms with Gasteiger partial charge in [-0.05, 0) is 56.6 Å². The Labute approximate surface area is 165 Å². The van der Waals surface area contributed by atoms with Gasteiger partial charge in [0.25, 0.3) is 5.91 Å². The van der Waals surface area contributed by atoms with E-state index in [0.717, 1.165) is 38.8 Å². The van der Waals surface area contributed by atoms with Crippen LogP contribution in [0.5, 0.6) is 0 Å². The lowest BCUT2D eigenvalue weighted by Gasteiger charge is -2.33. The molecule has 1 aliphatic heterocycles. The normalized spacial score (nSPS) is 19.5. The largest absolute Gasteiger partial charge is 0.361 e. The van der Waals surface area contributed by atoms with Crippen LogP contribution in [0.3, 0.4) is 0 Å². The molecule has 1 aliphatic carbocycles. The summed E-state index contributed by atoms with van der Waals surface area (Å²) in [4.78, 5) is 27.4. The molecular formula is C22H27N3O3. The fraction of sp³-hybridized carbons (Fsp3) is 0.500. The predicted molar refractivity (Wildman–Crippen MR) is 105 cm³/mol. The average molecular weight is 381 g/mol. The zero-order valence-electron chi connectivity index (χ0n) is 16.5. The molecule has 1 fully saturated rings. The molecule has 0 spiro atoms. The van der Waals surface area contributed by atoms with E-state index >= 15 is 0 Å². The molecule has 2 heterocycles. The van der Waals surface area contributed by atoms with Crippen molar-refractivity contribution in [2.75, 3.05) is 19.6 Å². The van der Waals surface area contributed by atoms with Gasteiger partial charge in [0.15, 0.2) is 0 Å². The van der Waals surface area contributed by atoms with Crippen molar-refractivity contribution in [3.63, 3.8) is 0 Å². The number of fused-ring (bicyclic) bond motifs is 1. The molecule has 6 heteroatoms. The van der Waals surface area contributed by atoms with Crippen LogP contribution >= 0.6 is 0 Å². The zero-order valence-corrected chi connectivity index (χ0v) is 16.5. The Morgan fingerprint density at radius 3 is 2.64 bits per heavy atom. The number of carbonyl (C=O) groups is 2. The smallest absolute Gasteiger partial charge is 0.256 e. The second-order valence-electron chi connectivity index (χ2n) is 7.97. The van der Waals surface area contributed by atoms with Crippen molar-refractivity contribution in [2.24, 2.45) is 5.92 Å². The number of aromatic nitrogens is 1. The summed E-state index contributed by atoms with van der Waals surface area (Å²) in [5.74, 6) is 1.10. The minimum atomic E-state index is -0.127. The Balaban J connectivity index is 1.28. The van der Waals surface area contributed by atoms with Gasteiger partial charge in [-0.2, -0.15) is 0 Å². The maximum atomic E-state index is 13.0. The SMILES string of the molecule is Cc1noc(C)c1C(=O)NCC1CCN(C(=O)C2CCc3ccccc32)CC1. The first-order valence-corrected chi connectivity index (χ1v) is 10.1. The van der Waals surface area contributed by atoms with Gasteiger partial charge in [0, 0.05) is 19.6 Å². The summed E-state index contributed by atoms with van der Waals surface area (Å²) in [6.07, 6.45) is 3.76. The van der Waals surface area contributed by atoms with Gasteiger partial charge in [-0.15, -0.1) is 0 Å². The van der Waals surface area contributed by atoms with Gasteiger partial charge in [-0.3, -0.25) is 9.59 Å². The van der Waals surface area contributed by atoms with Crippen LogP contribution in [0.1, 0.15) is 58.1 Å². The molecule has 1 aromatic carbocycles. The van der Waals surface area contributed by atoms with Gasteiger partial charge in [-0.25, -0.2) is 0 Å². The monoisotopic (exact) mass is 381 g/mol. The number of nitrogens with one attached hydrogen (secondary N) is 1. The van der Waals surface area contributed by atoms with Crippen molar-refractivity contribution in [3.8, 4) is 0 Å². The summed E-state index contributed by atoms with van der Waals surface area (Å²) in [6, 6.07) is 8.31. The number of likely N-dealkylation sites (tertiary alicyclic amines) is 1. The highest BCUT2D eigenvalue weighted by Crippen LogP contribution is 2.35. The minimum Gasteiger partial charge on any atom is -0.361 e. The lowest BCUT2D eigenvalue weighted by atomic mass is 9.94. The van der Waals surface area contributed by atoms with E-state index in [9.17, 15) is 9.59 Å². The van der Waals surface area contributed by atoms with Crippen molar-refractivity contribution in [1.82, 2.24) is 15.4 Å². The Hall–Kier alpha value is -2.63. The lowest BCUT2D eigenvalue weighted by molar-refractivity contribution is -0.134. The van der Waals surface area contributed by atoms with Crippen LogP contribution < -0.4 is 5.32 Å². The molecule has 0 bridgehead atoms. The third-order valence-corrected chi connectivity index (χ3v) is 6.17. The molecule has 1 atom stereocenters. The van der Waals surface area contributed by atoms with Crippen LogP contribution in [0.4, 0.5) is 0 Å². The van der Waals surface area contributed by atoms with Crippen LogP contribution in [0.25, 0.3) is 0 Å². The van der Waals surface area contributed by atoms with E-state index in [1.54, 1.807) is 13.8 Å². The quantitative estimate of drug-likeness (QED) is 0.883. The van der Waals surface area contributed by atoms with Crippen LogP contribution in [-0.2, 0) is 11.2 Å². The number of aryl methyl sites for hydroxylation is 3. The van der Waals surface area contributed by atoms with E-state index in [1.807, 2.05) is 17.0 Å².